The number of nitrogens with zero attached hydrogens (tertiary/aromatic N) is 2. The molecule has 0 aliphatic carbocycles. The Morgan fingerprint density at radius 3 is 2.52 bits per heavy atom. The second-order valence-corrected chi connectivity index (χ2v) is 8.87. The Morgan fingerprint density at radius 1 is 1.03 bits per heavy atom. The summed E-state index contributed by atoms with van der Waals surface area (Å²) in [5.41, 5.74) is 3.14. The molecular formula is C27H36N2O4. The standard InChI is InChI=1S/C27H36N2O4/c1-2-32-27(30)24-6-8-25(9-7-24)29-14-12-23(21-29)20-22-4-10-26(11-5-22)33-17-3-13-28-15-18-31-19-16-28/h4-11,23H,2-3,12-21H2,1H3. The summed E-state index contributed by atoms with van der Waals surface area (Å²) in [6, 6.07) is 16.4. The number of hydrogen-bond acceptors (Lipinski definition) is 6. The number of carbonyl (C=O) groups excluding carboxylic acids is 1. The van der Waals surface area contributed by atoms with E-state index in [1.54, 1.807) is 0 Å². The van der Waals surface area contributed by atoms with Gasteiger partial charge in [0.1, 0.15) is 5.75 Å². The van der Waals surface area contributed by atoms with Crippen LogP contribution in [0.15, 0.2) is 48.5 Å². The van der Waals surface area contributed by atoms with Crippen molar-refractivity contribution in [2.24, 2.45) is 5.92 Å². The second kappa shape index (κ2) is 12.1. The van der Waals surface area contributed by atoms with Crippen LogP contribution in [0.3, 0.4) is 0 Å². The van der Waals surface area contributed by atoms with E-state index in [1.807, 2.05) is 31.2 Å². The molecule has 2 heterocycles. The number of rotatable bonds is 10. The summed E-state index contributed by atoms with van der Waals surface area (Å²) < 4.78 is 16.4. The molecule has 6 heteroatoms. The molecule has 1 unspecified atom stereocenters. The second-order valence-electron chi connectivity index (χ2n) is 8.87. The van der Waals surface area contributed by atoms with E-state index in [0.717, 1.165) is 71.1 Å². The molecule has 6 nitrogen and oxygen atoms in total. The minimum absolute atomic E-state index is 0.257. The summed E-state index contributed by atoms with van der Waals surface area (Å²) in [6.45, 7) is 9.91. The van der Waals surface area contributed by atoms with Crippen molar-refractivity contribution in [3.63, 3.8) is 0 Å². The first-order valence-corrected chi connectivity index (χ1v) is 12.2. The van der Waals surface area contributed by atoms with Crippen LogP contribution in [0, 0.1) is 5.92 Å². The maximum atomic E-state index is 11.8. The van der Waals surface area contributed by atoms with Crippen LogP contribution in [0.25, 0.3) is 0 Å². The smallest absolute Gasteiger partial charge is 0.338 e. The van der Waals surface area contributed by atoms with Crippen LogP contribution in [0.2, 0.25) is 0 Å². The van der Waals surface area contributed by atoms with Gasteiger partial charge in [0.25, 0.3) is 0 Å². The summed E-state index contributed by atoms with van der Waals surface area (Å²) in [6.07, 6.45) is 3.30. The molecule has 4 rings (SSSR count). The van der Waals surface area contributed by atoms with Gasteiger partial charge in [0.2, 0.25) is 0 Å². The molecule has 0 bridgehead atoms. The number of benzene rings is 2. The van der Waals surface area contributed by atoms with E-state index in [1.165, 1.54) is 17.7 Å². The van der Waals surface area contributed by atoms with E-state index < -0.39 is 0 Å². The molecule has 0 saturated carbocycles. The highest BCUT2D eigenvalue weighted by Gasteiger charge is 2.23. The van der Waals surface area contributed by atoms with Crippen molar-refractivity contribution in [1.82, 2.24) is 4.90 Å². The maximum Gasteiger partial charge on any atom is 0.338 e. The number of anilines is 1. The molecule has 0 aromatic heterocycles. The van der Waals surface area contributed by atoms with E-state index >= 15 is 0 Å². The van der Waals surface area contributed by atoms with Crippen molar-refractivity contribution < 1.29 is 19.0 Å². The molecule has 0 spiro atoms. The fourth-order valence-electron chi connectivity index (χ4n) is 4.61. The topological polar surface area (TPSA) is 51.2 Å². The predicted molar refractivity (Wildman–Crippen MR) is 130 cm³/mol. The number of esters is 1. The Morgan fingerprint density at radius 2 is 1.79 bits per heavy atom. The fraction of sp³-hybridized carbons (Fsp3) is 0.519. The average molecular weight is 453 g/mol. The van der Waals surface area contributed by atoms with Gasteiger partial charge in [-0.15, -0.1) is 0 Å². The molecule has 2 aromatic carbocycles. The third-order valence-corrected chi connectivity index (χ3v) is 6.47. The monoisotopic (exact) mass is 452 g/mol. The molecule has 1 atom stereocenters. The van der Waals surface area contributed by atoms with Gasteiger partial charge in [-0.2, -0.15) is 0 Å². The van der Waals surface area contributed by atoms with Gasteiger partial charge in [0.15, 0.2) is 0 Å². The molecule has 2 aromatic rings. The maximum absolute atomic E-state index is 11.8. The van der Waals surface area contributed by atoms with Gasteiger partial charge in [0.05, 0.1) is 32.0 Å². The zero-order valence-electron chi connectivity index (χ0n) is 19.7. The lowest BCUT2D eigenvalue weighted by molar-refractivity contribution is 0.0358. The minimum Gasteiger partial charge on any atom is -0.494 e. The highest BCUT2D eigenvalue weighted by Crippen LogP contribution is 2.27. The minimum atomic E-state index is -0.257. The number of ether oxygens (including phenoxy) is 3. The van der Waals surface area contributed by atoms with Gasteiger partial charge in [-0.25, -0.2) is 4.79 Å². The predicted octanol–water partition coefficient (Wildman–Crippen LogP) is 4.03. The Balaban J connectivity index is 1.18. The van der Waals surface area contributed by atoms with Crippen molar-refractivity contribution >= 4 is 11.7 Å². The van der Waals surface area contributed by atoms with E-state index in [-0.39, 0.29) is 5.97 Å². The van der Waals surface area contributed by atoms with Gasteiger partial charge >= 0.3 is 5.97 Å². The summed E-state index contributed by atoms with van der Waals surface area (Å²) in [5, 5.41) is 0. The Hall–Kier alpha value is -2.57. The van der Waals surface area contributed by atoms with E-state index in [4.69, 9.17) is 14.2 Å². The summed E-state index contributed by atoms with van der Waals surface area (Å²) >= 11 is 0. The average Bonchev–Trinajstić information content (AvgIpc) is 3.32. The molecular weight excluding hydrogens is 416 g/mol. The van der Waals surface area contributed by atoms with Gasteiger partial charge < -0.3 is 19.1 Å². The van der Waals surface area contributed by atoms with Crippen LogP contribution in [0.5, 0.6) is 5.75 Å². The molecule has 2 aliphatic heterocycles. The van der Waals surface area contributed by atoms with Gasteiger partial charge in [0, 0.05) is 38.4 Å². The number of morpholine rings is 1. The van der Waals surface area contributed by atoms with Crippen LogP contribution in [0.1, 0.15) is 35.7 Å². The molecule has 2 saturated heterocycles. The molecule has 2 aliphatic rings. The van der Waals surface area contributed by atoms with Crippen molar-refractivity contribution in [3.8, 4) is 5.75 Å². The van der Waals surface area contributed by atoms with Gasteiger partial charge in [-0.3, -0.25) is 4.90 Å². The van der Waals surface area contributed by atoms with Crippen molar-refractivity contribution in [2.75, 3.05) is 64.1 Å². The van der Waals surface area contributed by atoms with Crippen LogP contribution in [-0.4, -0.2) is 70.0 Å². The van der Waals surface area contributed by atoms with Crippen LogP contribution in [0.4, 0.5) is 5.69 Å². The van der Waals surface area contributed by atoms with Crippen LogP contribution >= 0.6 is 0 Å². The zero-order valence-corrected chi connectivity index (χ0v) is 19.7. The normalized spacial score (nSPS) is 18.9. The van der Waals surface area contributed by atoms with Crippen molar-refractivity contribution in [2.45, 2.75) is 26.2 Å². The van der Waals surface area contributed by atoms with Crippen molar-refractivity contribution in [3.05, 3.63) is 59.7 Å². The van der Waals surface area contributed by atoms with Crippen molar-refractivity contribution in [1.29, 1.82) is 0 Å². The lowest BCUT2D eigenvalue weighted by Crippen LogP contribution is -2.37. The van der Waals surface area contributed by atoms with Gasteiger partial charge in [-0.05, 0) is 74.1 Å². The van der Waals surface area contributed by atoms with E-state index in [2.05, 4.69) is 34.1 Å². The lowest BCUT2D eigenvalue weighted by Gasteiger charge is -2.26. The SMILES string of the molecule is CCOC(=O)c1ccc(N2CCC(Cc3ccc(OCCCN4CCOCC4)cc3)C2)cc1. The molecule has 0 N–H and O–H groups in total. The highest BCUT2D eigenvalue weighted by molar-refractivity contribution is 5.89. The van der Waals surface area contributed by atoms with E-state index in [9.17, 15) is 4.79 Å². The molecule has 0 radical (unpaired) electrons. The van der Waals surface area contributed by atoms with Gasteiger partial charge in [-0.1, -0.05) is 12.1 Å². The lowest BCUT2D eigenvalue weighted by atomic mass is 9.99. The molecule has 0 amide bonds. The van der Waals surface area contributed by atoms with Crippen LogP contribution < -0.4 is 9.64 Å². The molecule has 33 heavy (non-hydrogen) atoms. The summed E-state index contributed by atoms with van der Waals surface area (Å²) in [5.74, 6) is 1.33. The fourth-order valence-corrected chi connectivity index (χ4v) is 4.61. The summed E-state index contributed by atoms with van der Waals surface area (Å²) in [7, 11) is 0. The summed E-state index contributed by atoms with van der Waals surface area (Å²) in [4.78, 5) is 16.7. The largest absolute Gasteiger partial charge is 0.494 e. The Labute approximate surface area is 197 Å². The molecule has 178 valence electrons. The quantitative estimate of drug-likeness (QED) is 0.401. The van der Waals surface area contributed by atoms with Crippen LogP contribution in [-0.2, 0) is 15.9 Å². The third-order valence-electron chi connectivity index (χ3n) is 6.47. The number of carbonyl (C=O) groups is 1. The number of hydrogen-bond donors (Lipinski definition) is 0. The first-order chi connectivity index (χ1) is 16.2. The zero-order chi connectivity index (χ0) is 22.9. The Kier molecular flexibility index (Phi) is 8.61. The Bertz CT molecular complexity index is 863. The molecule has 2 fully saturated rings. The third kappa shape index (κ3) is 6.95. The first-order valence-electron chi connectivity index (χ1n) is 12.2. The van der Waals surface area contributed by atoms with E-state index in [0.29, 0.717) is 18.1 Å². The highest BCUT2D eigenvalue weighted by atomic mass is 16.5. The first kappa shape index (κ1) is 23.6.